The number of aldehydes is 1. The molecule has 1 aromatic carbocycles. The highest BCUT2D eigenvalue weighted by Crippen LogP contribution is 2.11. The quantitative estimate of drug-likeness (QED) is 0.695. The second kappa shape index (κ2) is 4.01. The van der Waals surface area contributed by atoms with Crippen LogP contribution in [0.25, 0.3) is 10.9 Å². The van der Waals surface area contributed by atoms with Gasteiger partial charge in [-0.25, -0.2) is 4.79 Å². The second-order valence-corrected chi connectivity index (χ2v) is 3.89. The Morgan fingerprint density at radius 2 is 2.00 bits per heavy atom. The first-order chi connectivity index (χ1) is 8.07. The molecule has 5 nitrogen and oxygen atoms in total. The van der Waals surface area contributed by atoms with Gasteiger partial charge in [-0.05, 0) is 18.6 Å². The molecule has 5 heteroatoms. The lowest BCUT2D eigenvalue weighted by atomic mass is 10.1. The highest BCUT2D eigenvalue weighted by molar-refractivity contribution is 5.81. The smallest absolute Gasteiger partial charge is 0.301 e. The highest BCUT2D eigenvalue weighted by atomic mass is 16.2. The number of aromatic nitrogens is 2. The molecule has 0 aliphatic heterocycles. The van der Waals surface area contributed by atoms with Crippen LogP contribution in [-0.2, 0) is 18.4 Å². The van der Waals surface area contributed by atoms with Gasteiger partial charge in [0.15, 0.2) is 0 Å². The van der Waals surface area contributed by atoms with Gasteiger partial charge in [-0.1, -0.05) is 12.1 Å². The maximum absolute atomic E-state index is 12.1. The van der Waals surface area contributed by atoms with E-state index >= 15 is 0 Å². The van der Waals surface area contributed by atoms with Gasteiger partial charge in [-0.2, -0.15) is 0 Å². The molecular weight excluding hydrogens is 220 g/mol. The monoisotopic (exact) mass is 232 g/mol. The molecule has 0 aliphatic rings. The van der Waals surface area contributed by atoms with Gasteiger partial charge in [0.1, 0.15) is 6.29 Å². The number of nitrogens with zero attached hydrogens (tertiary/aromatic N) is 2. The van der Waals surface area contributed by atoms with E-state index in [2.05, 4.69) is 0 Å². The van der Waals surface area contributed by atoms with Gasteiger partial charge in [0, 0.05) is 7.05 Å². The van der Waals surface area contributed by atoms with E-state index in [1.165, 1.54) is 4.57 Å². The van der Waals surface area contributed by atoms with Crippen LogP contribution < -0.4 is 11.2 Å². The third kappa shape index (κ3) is 1.60. The summed E-state index contributed by atoms with van der Waals surface area (Å²) in [5.41, 5.74) is 0.499. The predicted octanol–water partition coefficient (Wildman–Crippen LogP) is 0.208. The summed E-state index contributed by atoms with van der Waals surface area (Å²) >= 11 is 0. The summed E-state index contributed by atoms with van der Waals surface area (Å²) in [5.74, 6) is 0. The van der Waals surface area contributed by atoms with Crippen LogP contribution in [0.5, 0.6) is 0 Å². The summed E-state index contributed by atoms with van der Waals surface area (Å²) in [6.45, 7) is 1.59. The lowest BCUT2D eigenvalue weighted by molar-refractivity contribution is -0.108. The molecule has 0 saturated carbocycles. The molecule has 0 amide bonds. The SMILES string of the molecule is Cc1cccc2c1c(=O)n(CC=O)c(=O)n2C. The average Bonchev–Trinajstić information content (AvgIpc) is 2.31. The van der Waals surface area contributed by atoms with Crippen molar-refractivity contribution >= 4 is 17.2 Å². The van der Waals surface area contributed by atoms with Crippen LogP contribution in [0.1, 0.15) is 5.56 Å². The van der Waals surface area contributed by atoms with Gasteiger partial charge < -0.3 is 4.79 Å². The predicted molar refractivity (Wildman–Crippen MR) is 64.3 cm³/mol. The van der Waals surface area contributed by atoms with Crippen molar-refractivity contribution in [3.8, 4) is 0 Å². The van der Waals surface area contributed by atoms with Gasteiger partial charge in [0.05, 0.1) is 17.4 Å². The summed E-state index contributed by atoms with van der Waals surface area (Å²) in [5, 5.41) is 0.483. The minimum absolute atomic E-state index is 0.213. The molecule has 17 heavy (non-hydrogen) atoms. The maximum Gasteiger partial charge on any atom is 0.331 e. The molecule has 1 heterocycles. The van der Waals surface area contributed by atoms with Crippen molar-refractivity contribution in [1.29, 1.82) is 0 Å². The van der Waals surface area contributed by atoms with Crippen LogP contribution >= 0.6 is 0 Å². The summed E-state index contributed by atoms with van der Waals surface area (Å²) in [6.07, 6.45) is 0.549. The fraction of sp³-hybridized carbons (Fsp3) is 0.250. The zero-order valence-corrected chi connectivity index (χ0v) is 9.64. The molecule has 88 valence electrons. The van der Waals surface area contributed by atoms with Crippen LogP contribution in [0.3, 0.4) is 0 Å². The number of fused-ring (bicyclic) bond motifs is 1. The van der Waals surface area contributed by atoms with Crippen LogP contribution in [0.15, 0.2) is 27.8 Å². The van der Waals surface area contributed by atoms with E-state index < -0.39 is 11.2 Å². The van der Waals surface area contributed by atoms with Gasteiger partial charge in [-0.15, -0.1) is 0 Å². The number of rotatable bonds is 2. The first kappa shape index (κ1) is 11.3. The zero-order valence-electron chi connectivity index (χ0n) is 9.64. The molecule has 0 fully saturated rings. The summed E-state index contributed by atoms with van der Waals surface area (Å²) < 4.78 is 2.33. The molecule has 0 atom stereocenters. The Balaban J connectivity index is 3.07. The summed E-state index contributed by atoms with van der Waals surface area (Å²) in [6, 6.07) is 5.32. The number of hydrogen-bond donors (Lipinski definition) is 0. The Labute approximate surface area is 96.9 Å². The lowest BCUT2D eigenvalue weighted by Crippen LogP contribution is -2.39. The normalized spacial score (nSPS) is 10.7. The number of hydrogen-bond acceptors (Lipinski definition) is 3. The van der Waals surface area contributed by atoms with Gasteiger partial charge in [0.25, 0.3) is 5.56 Å². The first-order valence-corrected chi connectivity index (χ1v) is 5.20. The second-order valence-electron chi connectivity index (χ2n) is 3.89. The minimum atomic E-state index is -0.472. The molecule has 0 aliphatic carbocycles. The fourth-order valence-corrected chi connectivity index (χ4v) is 1.95. The molecule has 2 aromatic rings. The van der Waals surface area contributed by atoms with E-state index in [-0.39, 0.29) is 6.54 Å². The van der Waals surface area contributed by atoms with E-state index in [1.807, 2.05) is 0 Å². The molecule has 1 aromatic heterocycles. The largest absolute Gasteiger partial charge is 0.331 e. The van der Waals surface area contributed by atoms with Crippen LogP contribution in [-0.4, -0.2) is 15.4 Å². The number of aryl methyl sites for hydroxylation is 2. The summed E-state index contributed by atoms with van der Waals surface area (Å²) in [7, 11) is 1.59. The van der Waals surface area contributed by atoms with Crippen LogP contribution in [0.2, 0.25) is 0 Å². The van der Waals surface area contributed by atoms with E-state index in [4.69, 9.17) is 0 Å². The first-order valence-electron chi connectivity index (χ1n) is 5.20. The van der Waals surface area contributed by atoms with Crippen LogP contribution in [0, 0.1) is 6.92 Å². The van der Waals surface area contributed by atoms with Gasteiger partial charge >= 0.3 is 5.69 Å². The molecule has 0 radical (unpaired) electrons. The van der Waals surface area contributed by atoms with E-state index in [9.17, 15) is 14.4 Å². The van der Waals surface area contributed by atoms with E-state index in [0.717, 1.165) is 10.1 Å². The Morgan fingerprint density at radius 1 is 1.29 bits per heavy atom. The molecule has 0 spiro atoms. The van der Waals surface area contributed by atoms with Gasteiger partial charge in [-0.3, -0.25) is 13.9 Å². The van der Waals surface area contributed by atoms with Crippen molar-refractivity contribution in [3.63, 3.8) is 0 Å². The third-order valence-corrected chi connectivity index (χ3v) is 2.85. The average molecular weight is 232 g/mol. The van der Waals surface area contributed by atoms with Crippen molar-refractivity contribution in [3.05, 3.63) is 44.6 Å². The van der Waals surface area contributed by atoms with Gasteiger partial charge in [0.2, 0.25) is 0 Å². The van der Waals surface area contributed by atoms with Crippen molar-refractivity contribution < 1.29 is 4.79 Å². The number of carbonyl (C=O) groups excluding carboxylic acids is 1. The standard InChI is InChI=1S/C12H12N2O3/c1-8-4-3-5-9-10(8)11(16)14(6-7-15)12(17)13(9)2/h3-5,7H,6H2,1-2H3. The zero-order chi connectivity index (χ0) is 12.6. The topological polar surface area (TPSA) is 61.1 Å². The Hall–Kier alpha value is -2.17. The Kier molecular flexibility index (Phi) is 2.67. The van der Waals surface area contributed by atoms with Crippen molar-refractivity contribution in [1.82, 2.24) is 9.13 Å². The molecule has 0 saturated heterocycles. The van der Waals surface area contributed by atoms with Crippen LogP contribution in [0.4, 0.5) is 0 Å². The van der Waals surface area contributed by atoms with E-state index in [0.29, 0.717) is 17.2 Å². The van der Waals surface area contributed by atoms with Crippen molar-refractivity contribution in [2.24, 2.45) is 7.05 Å². The molecular formula is C12H12N2O3. The molecule has 0 unspecified atom stereocenters. The summed E-state index contributed by atoms with van der Waals surface area (Å²) in [4.78, 5) is 34.5. The number of carbonyl (C=O) groups is 1. The molecule has 0 bridgehead atoms. The van der Waals surface area contributed by atoms with Crippen molar-refractivity contribution in [2.75, 3.05) is 0 Å². The molecule has 0 N–H and O–H groups in total. The van der Waals surface area contributed by atoms with Crippen molar-refractivity contribution in [2.45, 2.75) is 13.5 Å². The Bertz CT molecular complexity index is 710. The Morgan fingerprint density at radius 3 is 2.65 bits per heavy atom. The third-order valence-electron chi connectivity index (χ3n) is 2.85. The number of benzene rings is 1. The molecule has 2 rings (SSSR count). The minimum Gasteiger partial charge on any atom is -0.301 e. The lowest BCUT2D eigenvalue weighted by Gasteiger charge is -2.09. The fourth-order valence-electron chi connectivity index (χ4n) is 1.95. The maximum atomic E-state index is 12.1. The highest BCUT2D eigenvalue weighted by Gasteiger charge is 2.11. The van der Waals surface area contributed by atoms with E-state index in [1.54, 1.807) is 32.2 Å².